The molecule has 38 heavy (non-hydrogen) atoms. The minimum absolute atomic E-state index is 0.173. The van der Waals surface area contributed by atoms with Gasteiger partial charge in [0.25, 0.3) is 0 Å². The van der Waals surface area contributed by atoms with E-state index in [1.165, 1.54) is 12.4 Å². The number of aromatic nitrogens is 2. The van der Waals surface area contributed by atoms with Gasteiger partial charge in [0, 0.05) is 30.9 Å². The molecule has 2 amide bonds. The lowest BCUT2D eigenvalue weighted by molar-refractivity contribution is -0.133. The van der Waals surface area contributed by atoms with Crippen molar-refractivity contribution in [2.45, 2.75) is 96.7 Å². The fraction of sp³-hybridized carbons (Fsp3) is 0.760. The third-order valence-electron chi connectivity index (χ3n) is 7.11. The maximum absolute atomic E-state index is 13.2. The largest absolute Gasteiger partial charge is 0.498 e. The van der Waals surface area contributed by atoms with Gasteiger partial charge in [0.1, 0.15) is 11.6 Å². The summed E-state index contributed by atoms with van der Waals surface area (Å²) < 4.78 is 43.4. The molecule has 3 rings (SSSR count). The van der Waals surface area contributed by atoms with Crippen molar-refractivity contribution >= 4 is 34.4 Å². The van der Waals surface area contributed by atoms with Crippen molar-refractivity contribution in [3.8, 4) is 0 Å². The zero-order chi connectivity index (χ0) is 28.7. The minimum atomic E-state index is -3.79. The van der Waals surface area contributed by atoms with Crippen LogP contribution in [0.3, 0.4) is 0 Å². The predicted octanol–water partition coefficient (Wildman–Crippen LogP) is 1.95. The first kappa shape index (κ1) is 30.3. The lowest BCUT2D eigenvalue weighted by Crippen LogP contribution is -2.51. The lowest BCUT2D eigenvalue weighted by atomic mass is 9.81. The SMILES string of the molecule is CC(C)[C@H](NC(=O)OC(C)(C)C)C(=O)N1CC[C@@H](CS(=O)(=O)c2ncc(B3OC(C)(C)C(C)(C)O3)cn2)C1. The highest BCUT2D eigenvalue weighted by Crippen LogP contribution is 2.36. The number of carbonyl (C=O) groups is 2. The first-order valence-corrected chi connectivity index (χ1v) is 14.7. The zero-order valence-corrected chi connectivity index (χ0v) is 24.7. The van der Waals surface area contributed by atoms with E-state index in [2.05, 4.69) is 15.3 Å². The smallest absolute Gasteiger partial charge is 0.444 e. The van der Waals surface area contributed by atoms with E-state index >= 15 is 0 Å². The molecular weight excluding hydrogens is 511 g/mol. The molecule has 2 aliphatic heterocycles. The monoisotopic (exact) mass is 552 g/mol. The van der Waals surface area contributed by atoms with Gasteiger partial charge in [0.05, 0.1) is 17.0 Å². The Morgan fingerprint density at radius 1 is 1.16 bits per heavy atom. The van der Waals surface area contributed by atoms with Crippen LogP contribution in [0.2, 0.25) is 0 Å². The van der Waals surface area contributed by atoms with Gasteiger partial charge in [-0.1, -0.05) is 13.8 Å². The van der Waals surface area contributed by atoms with E-state index in [1.54, 1.807) is 25.7 Å². The molecule has 0 aromatic carbocycles. The predicted molar refractivity (Wildman–Crippen MR) is 142 cm³/mol. The highest BCUT2D eigenvalue weighted by atomic mass is 32.2. The fourth-order valence-electron chi connectivity index (χ4n) is 4.29. The normalized spacial score (nSPS) is 22.0. The standard InChI is InChI=1S/C25H41BN4O7S/c1-16(2)19(29-22(32)35-23(3,4)5)20(31)30-11-10-17(14-30)15-38(33,34)21-27-12-18(13-28-21)26-36-24(6,7)25(8,9)37-26/h12-13,16-17,19H,10-11,14-15H2,1-9H3,(H,29,32)/t17-,19+/m1/s1. The first-order chi connectivity index (χ1) is 17.3. The van der Waals surface area contributed by atoms with Crippen LogP contribution in [0.15, 0.2) is 17.6 Å². The van der Waals surface area contributed by atoms with Crippen molar-refractivity contribution in [3.05, 3.63) is 12.4 Å². The summed E-state index contributed by atoms with van der Waals surface area (Å²) in [5, 5.41) is 2.40. The number of alkyl carbamates (subject to hydrolysis) is 1. The fourth-order valence-corrected chi connectivity index (χ4v) is 5.75. The van der Waals surface area contributed by atoms with Crippen LogP contribution in [-0.2, 0) is 28.7 Å². The summed E-state index contributed by atoms with van der Waals surface area (Å²) in [6.07, 6.45) is 2.70. The number of nitrogens with zero attached hydrogens (tertiary/aromatic N) is 3. The Morgan fingerprint density at radius 3 is 2.21 bits per heavy atom. The van der Waals surface area contributed by atoms with Crippen LogP contribution in [0, 0.1) is 11.8 Å². The highest BCUT2D eigenvalue weighted by molar-refractivity contribution is 7.91. The second-order valence-corrected chi connectivity index (χ2v) is 14.4. The van der Waals surface area contributed by atoms with E-state index in [0.717, 1.165) is 0 Å². The van der Waals surface area contributed by atoms with Gasteiger partial charge in [-0.2, -0.15) is 0 Å². The lowest BCUT2D eigenvalue weighted by Gasteiger charge is -2.32. The van der Waals surface area contributed by atoms with Gasteiger partial charge in [0.2, 0.25) is 20.9 Å². The van der Waals surface area contributed by atoms with Crippen molar-refractivity contribution in [1.82, 2.24) is 20.2 Å². The van der Waals surface area contributed by atoms with E-state index in [-0.39, 0.29) is 35.2 Å². The zero-order valence-electron chi connectivity index (χ0n) is 23.9. The maximum Gasteiger partial charge on any atom is 0.498 e. The number of amides is 2. The number of rotatable bonds is 7. The van der Waals surface area contributed by atoms with Crippen LogP contribution >= 0.6 is 0 Å². The number of carbonyl (C=O) groups excluding carboxylic acids is 2. The van der Waals surface area contributed by atoms with Crippen molar-refractivity contribution in [3.63, 3.8) is 0 Å². The van der Waals surface area contributed by atoms with Crippen molar-refractivity contribution in [2.75, 3.05) is 18.8 Å². The quantitative estimate of drug-likeness (QED) is 0.398. The van der Waals surface area contributed by atoms with E-state index in [0.29, 0.717) is 18.4 Å². The van der Waals surface area contributed by atoms with E-state index < -0.39 is 45.9 Å². The third kappa shape index (κ3) is 7.03. The Hall–Kier alpha value is -2.25. The molecular formula is C25H41BN4O7S. The van der Waals surface area contributed by atoms with E-state index in [4.69, 9.17) is 14.0 Å². The number of likely N-dealkylation sites (tertiary alicyclic amines) is 1. The van der Waals surface area contributed by atoms with Crippen LogP contribution in [0.25, 0.3) is 0 Å². The average molecular weight is 553 g/mol. The van der Waals surface area contributed by atoms with Gasteiger partial charge in [0.15, 0.2) is 0 Å². The van der Waals surface area contributed by atoms with Crippen LogP contribution < -0.4 is 10.8 Å². The van der Waals surface area contributed by atoms with Crippen molar-refractivity contribution in [1.29, 1.82) is 0 Å². The molecule has 13 heteroatoms. The van der Waals surface area contributed by atoms with Gasteiger partial charge in [-0.15, -0.1) is 0 Å². The molecule has 2 atom stereocenters. The molecule has 0 unspecified atom stereocenters. The highest BCUT2D eigenvalue weighted by Gasteiger charge is 2.52. The van der Waals surface area contributed by atoms with Crippen molar-refractivity contribution < 1.29 is 32.1 Å². The maximum atomic E-state index is 13.2. The van der Waals surface area contributed by atoms with E-state index in [9.17, 15) is 18.0 Å². The van der Waals surface area contributed by atoms with Gasteiger partial charge < -0.3 is 24.3 Å². The number of nitrogens with one attached hydrogen (secondary N) is 1. The van der Waals surface area contributed by atoms with E-state index in [1.807, 2.05) is 41.5 Å². The summed E-state index contributed by atoms with van der Waals surface area (Å²) in [5.74, 6) is -0.884. The van der Waals surface area contributed by atoms with Crippen LogP contribution in [-0.4, -0.2) is 84.1 Å². The molecule has 0 radical (unpaired) electrons. The molecule has 11 nitrogen and oxygen atoms in total. The summed E-state index contributed by atoms with van der Waals surface area (Å²) in [6, 6.07) is -0.772. The summed E-state index contributed by atoms with van der Waals surface area (Å²) in [5.41, 5.74) is -1.22. The summed E-state index contributed by atoms with van der Waals surface area (Å²) in [7, 11) is -4.47. The number of sulfone groups is 1. The number of hydrogen-bond acceptors (Lipinski definition) is 9. The Bertz CT molecular complexity index is 1120. The second kappa shape index (κ2) is 10.7. The van der Waals surface area contributed by atoms with Crippen LogP contribution in [0.4, 0.5) is 4.79 Å². The van der Waals surface area contributed by atoms with Crippen LogP contribution in [0.1, 0.15) is 68.7 Å². The Labute approximate surface area is 226 Å². The molecule has 3 heterocycles. The summed E-state index contributed by atoms with van der Waals surface area (Å²) in [4.78, 5) is 35.2. The van der Waals surface area contributed by atoms with Gasteiger partial charge in [-0.05, 0) is 66.7 Å². The van der Waals surface area contributed by atoms with Gasteiger partial charge >= 0.3 is 13.2 Å². The Balaban J connectivity index is 1.61. The number of hydrogen-bond donors (Lipinski definition) is 1. The number of ether oxygens (including phenoxy) is 1. The molecule has 0 saturated carbocycles. The third-order valence-corrected chi connectivity index (χ3v) is 8.79. The molecule has 212 valence electrons. The van der Waals surface area contributed by atoms with Crippen LogP contribution in [0.5, 0.6) is 0 Å². The molecule has 2 saturated heterocycles. The van der Waals surface area contributed by atoms with Crippen molar-refractivity contribution in [2.24, 2.45) is 11.8 Å². The summed E-state index contributed by atoms with van der Waals surface area (Å²) in [6.45, 7) is 17.3. The average Bonchev–Trinajstić information content (AvgIpc) is 3.31. The molecule has 2 aliphatic rings. The minimum Gasteiger partial charge on any atom is -0.444 e. The Kier molecular flexibility index (Phi) is 8.55. The van der Waals surface area contributed by atoms with Gasteiger partial charge in [-0.25, -0.2) is 23.2 Å². The topological polar surface area (TPSA) is 137 Å². The summed E-state index contributed by atoms with van der Waals surface area (Å²) >= 11 is 0. The molecule has 1 N–H and O–H groups in total. The Morgan fingerprint density at radius 2 is 1.71 bits per heavy atom. The first-order valence-electron chi connectivity index (χ1n) is 13.0. The molecule has 1 aromatic rings. The molecule has 0 aliphatic carbocycles. The molecule has 0 bridgehead atoms. The molecule has 2 fully saturated rings. The molecule has 1 aromatic heterocycles. The molecule has 0 spiro atoms. The second-order valence-electron chi connectivity index (χ2n) is 12.5. The van der Waals surface area contributed by atoms with Gasteiger partial charge in [-0.3, -0.25) is 4.79 Å².